The Kier molecular flexibility index (Phi) is 6.06. The SMILES string of the molecule is CCC(NC(=O)N1CCN(c2ccccc2O)CC1)c1ccc(OC)cc1. The number of anilines is 1. The van der Waals surface area contributed by atoms with E-state index in [1.807, 2.05) is 47.4 Å². The van der Waals surface area contributed by atoms with Crippen molar-refractivity contribution in [2.45, 2.75) is 19.4 Å². The van der Waals surface area contributed by atoms with Crippen LogP contribution in [0.1, 0.15) is 24.9 Å². The first-order chi connectivity index (χ1) is 13.1. The Bertz CT molecular complexity index is 756. The van der Waals surface area contributed by atoms with E-state index in [1.165, 1.54) is 0 Å². The number of ether oxygens (including phenoxy) is 1. The largest absolute Gasteiger partial charge is 0.506 e. The summed E-state index contributed by atoms with van der Waals surface area (Å²) in [7, 11) is 1.64. The van der Waals surface area contributed by atoms with Crippen LogP contribution in [0.15, 0.2) is 48.5 Å². The zero-order valence-electron chi connectivity index (χ0n) is 15.9. The van der Waals surface area contributed by atoms with Gasteiger partial charge in [-0.2, -0.15) is 0 Å². The van der Waals surface area contributed by atoms with Crippen LogP contribution in [0.4, 0.5) is 10.5 Å². The first kappa shape index (κ1) is 18.9. The lowest BCUT2D eigenvalue weighted by molar-refractivity contribution is 0.190. The van der Waals surface area contributed by atoms with Gasteiger partial charge in [0.25, 0.3) is 0 Å². The number of phenolic OH excluding ortho intramolecular Hbond substituents is 1. The fourth-order valence-corrected chi connectivity index (χ4v) is 3.38. The van der Waals surface area contributed by atoms with Crippen LogP contribution < -0.4 is 15.0 Å². The summed E-state index contributed by atoms with van der Waals surface area (Å²) in [5, 5.41) is 13.1. The van der Waals surface area contributed by atoms with E-state index < -0.39 is 0 Å². The molecule has 0 bridgehead atoms. The van der Waals surface area contributed by atoms with Crippen LogP contribution in [0.5, 0.6) is 11.5 Å². The smallest absolute Gasteiger partial charge is 0.318 e. The van der Waals surface area contributed by atoms with Crippen LogP contribution in [-0.2, 0) is 0 Å². The Labute approximate surface area is 160 Å². The van der Waals surface area contributed by atoms with Gasteiger partial charge in [-0.15, -0.1) is 0 Å². The lowest BCUT2D eigenvalue weighted by Gasteiger charge is -2.37. The van der Waals surface area contributed by atoms with Crippen molar-refractivity contribution in [3.05, 3.63) is 54.1 Å². The number of nitrogens with one attached hydrogen (secondary N) is 1. The fraction of sp³-hybridized carbons (Fsp3) is 0.381. The third-order valence-corrected chi connectivity index (χ3v) is 5.01. The normalized spacial score (nSPS) is 15.3. The van der Waals surface area contributed by atoms with E-state index in [0.717, 1.165) is 23.4 Å². The number of hydrogen-bond donors (Lipinski definition) is 2. The molecular formula is C21H27N3O3. The molecule has 1 saturated heterocycles. The van der Waals surface area contributed by atoms with Crippen molar-refractivity contribution in [3.63, 3.8) is 0 Å². The van der Waals surface area contributed by atoms with Crippen LogP contribution in [-0.4, -0.2) is 49.3 Å². The fourth-order valence-electron chi connectivity index (χ4n) is 3.38. The average molecular weight is 369 g/mol. The highest BCUT2D eigenvalue weighted by Crippen LogP contribution is 2.27. The Morgan fingerprint density at radius 3 is 2.37 bits per heavy atom. The van der Waals surface area contributed by atoms with Gasteiger partial charge in [-0.1, -0.05) is 31.2 Å². The molecule has 2 amide bonds. The van der Waals surface area contributed by atoms with Crippen molar-refractivity contribution in [1.82, 2.24) is 10.2 Å². The lowest BCUT2D eigenvalue weighted by Crippen LogP contribution is -2.52. The molecule has 0 aliphatic carbocycles. The number of aromatic hydroxyl groups is 1. The molecule has 3 rings (SSSR count). The number of nitrogens with zero attached hydrogens (tertiary/aromatic N) is 2. The topological polar surface area (TPSA) is 65.0 Å². The Balaban J connectivity index is 1.57. The average Bonchev–Trinajstić information content (AvgIpc) is 2.72. The van der Waals surface area contributed by atoms with Crippen molar-refractivity contribution in [1.29, 1.82) is 0 Å². The van der Waals surface area contributed by atoms with Crippen molar-refractivity contribution in [2.75, 3.05) is 38.2 Å². The number of hydrogen-bond acceptors (Lipinski definition) is 4. The predicted octanol–water partition coefficient (Wildman–Crippen LogP) is 3.38. The number of carbonyl (C=O) groups excluding carboxylic acids is 1. The number of rotatable bonds is 5. The number of methoxy groups -OCH3 is 1. The van der Waals surface area contributed by atoms with Crippen molar-refractivity contribution >= 4 is 11.7 Å². The first-order valence-electron chi connectivity index (χ1n) is 9.34. The second kappa shape index (κ2) is 8.66. The molecule has 1 atom stereocenters. The third kappa shape index (κ3) is 4.45. The molecule has 0 aromatic heterocycles. The van der Waals surface area contributed by atoms with Crippen LogP contribution in [0.2, 0.25) is 0 Å². The quantitative estimate of drug-likeness (QED) is 0.848. The summed E-state index contributed by atoms with van der Waals surface area (Å²) in [4.78, 5) is 16.6. The molecule has 2 N–H and O–H groups in total. The Morgan fingerprint density at radius 2 is 1.78 bits per heavy atom. The highest BCUT2D eigenvalue weighted by atomic mass is 16.5. The molecule has 0 radical (unpaired) electrons. The number of benzene rings is 2. The Morgan fingerprint density at radius 1 is 1.11 bits per heavy atom. The third-order valence-electron chi connectivity index (χ3n) is 5.01. The summed E-state index contributed by atoms with van der Waals surface area (Å²) in [5.41, 5.74) is 1.89. The molecule has 1 fully saturated rings. The maximum absolute atomic E-state index is 12.7. The van der Waals surface area contributed by atoms with Crippen LogP contribution >= 0.6 is 0 Å². The van der Waals surface area contributed by atoms with E-state index in [2.05, 4.69) is 17.1 Å². The highest BCUT2D eigenvalue weighted by Gasteiger charge is 2.24. The number of carbonyl (C=O) groups is 1. The molecule has 0 spiro atoms. The maximum Gasteiger partial charge on any atom is 0.318 e. The molecule has 6 nitrogen and oxygen atoms in total. The lowest BCUT2D eigenvalue weighted by atomic mass is 10.0. The van der Waals surface area contributed by atoms with Gasteiger partial charge < -0.3 is 25.0 Å². The van der Waals surface area contributed by atoms with Crippen molar-refractivity contribution < 1.29 is 14.6 Å². The molecule has 2 aromatic rings. The van der Waals surface area contributed by atoms with Crippen LogP contribution in [0, 0.1) is 0 Å². The van der Waals surface area contributed by atoms with Crippen molar-refractivity contribution in [3.8, 4) is 11.5 Å². The summed E-state index contributed by atoms with van der Waals surface area (Å²) in [6, 6.07) is 15.0. The maximum atomic E-state index is 12.7. The molecule has 0 saturated carbocycles. The zero-order chi connectivity index (χ0) is 19.2. The van der Waals surface area contributed by atoms with Crippen LogP contribution in [0.25, 0.3) is 0 Å². The van der Waals surface area contributed by atoms with Gasteiger partial charge in [0.1, 0.15) is 11.5 Å². The van der Waals surface area contributed by atoms with E-state index in [9.17, 15) is 9.90 Å². The number of piperazine rings is 1. The van der Waals surface area contributed by atoms with Gasteiger partial charge in [0.2, 0.25) is 0 Å². The Hall–Kier alpha value is -2.89. The molecule has 1 heterocycles. The van der Waals surface area contributed by atoms with Gasteiger partial charge in [0.05, 0.1) is 18.8 Å². The molecule has 1 unspecified atom stereocenters. The van der Waals surface area contributed by atoms with Gasteiger partial charge in [0, 0.05) is 26.2 Å². The molecule has 1 aliphatic heterocycles. The summed E-state index contributed by atoms with van der Waals surface area (Å²) >= 11 is 0. The minimum atomic E-state index is -0.0467. The van der Waals surface area contributed by atoms with Gasteiger partial charge in [-0.25, -0.2) is 4.79 Å². The van der Waals surface area contributed by atoms with E-state index in [1.54, 1.807) is 13.2 Å². The molecule has 1 aliphatic rings. The highest BCUT2D eigenvalue weighted by molar-refractivity contribution is 5.75. The van der Waals surface area contributed by atoms with E-state index in [4.69, 9.17) is 4.74 Å². The molecule has 2 aromatic carbocycles. The van der Waals surface area contributed by atoms with E-state index in [0.29, 0.717) is 26.2 Å². The minimum absolute atomic E-state index is 0.0281. The number of para-hydroxylation sites is 2. The monoisotopic (exact) mass is 369 g/mol. The number of amides is 2. The summed E-state index contributed by atoms with van der Waals surface area (Å²) in [5.74, 6) is 1.08. The van der Waals surface area contributed by atoms with Crippen LogP contribution in [0.3, 0.4) is 0 Å². The van der Waals surface area contributed by atoms with Crippen molar-refractivity contribution in [2.24, 2.45) is 0 Å². The molecular weight excluding hydrogens is 342 g/mol. The summed E-state index contributed by atoms with van der Waals surface area (Å²) < 4.78 is 5.20. The van der Waals surface area contributed by atoms with E-state index in [-0.39, 0.29) is 17.8 Å². The second-order valence-electron chi connectivity index (χ2n) is 6.65. The molecule has 6 heteroatoms. The van der Waals surface area contributed by atoms with E-state index >= 15 is 0 Å². The number of phenols is 1. The second-order valence-corrected chi connectivity index (χ2v) is 6.65. The zero-order valence-corrected chi connectivity index (χ0v) is 15.9. The standard InChI is InChI=1S/C21H27N3O3/c1-3-18(16-8-10-17(27-2)11-9-16)22-21(26)24-14-12-23(13-15-24)19-6-4-5-7-20(19)25/h4-11,18,25H,3,12-15H2,1-2H3,(H,22,26). The predicted molar refractivity (Wildman–Crippen MR) is 106 cm³/mol. The molecule has 27 heavy (non-hydrogen) atoms. The molecule has 144 valence electrons. The van der Waals surface area contributed by atoms with Gasteiger partial charge in [-0.05, 0) is 36.2 Å². The number of urea groups is 1. The summed E-state index contributed by atoms with van der Waals surface area (Å²) in [6.07, 6.45) is 0.815. The minimum Gasteiger partial charge on any atom is -0.506 e. The van der Waals surface area contributed by atoms with Gasteiger partial charge in [-0.3, -0.25) is 0 Å². The van der Waals surface area contributed by atoms with Gasteiger partial charge >= 0.3 is 6.03 Å². The summed E-state index contributed by atoms with van der Waals surface area (Å²) in [6.45, 7) is 4.71. The first-order valence-corrected chi connectivity index (χ1v) is 9.34. The van der Waals surface area contributed by atoms with Gasteiger partial charge in [0.15, 0.2) is 0 Å².